The smallest absolute Gasteiger partial charge is 0.266 e. The summed E-state index contributed by atoms with van der Waals surface area (Å²) in [6.07, 6.45) is 1.51. The van der Waals surface area contributed by atoms with Crippen LogP contribution in [-0.2, 0) is 45.2 Å². The molecule has 7 atom stereocenters. The van der Waals surface area contributed by atoms with Crippen LogP contribution in [0.5, 0.6) is 0 Å². The molecule has 1 aromatic carbocycles. The number of benzene rings is 1. The van der Waals surface area contributed by atoms with Crippen LogP contribution in [0.1, 0.15) is 72.3 Å². The summed E-state index contributed by atoms with van der Waals surface area (Å²) in [7, 11) is 0.541. The summed E-state index contributed by atoms with van der Waals surface area (Å²) in [6.45, 7) is 9.94. The van der Waals surface area contributed by atoms with Crippen LogP contribution in [-0.4, -0.2) is 117 Å². The first-order valence-corrected chi connectivity index (χ1v) is 18.8. The Morgan fingerprint density at radius 3 is 2.22 bits per heavy atom. The second-order valence-corrected chi connectivity index (χ2v) is 15.1. The Bertz CT molecular complexity index is 1330. The van der Waals surface area contributed by atoms with E-state index < -0.39 is 57.9 Å². The third kappa shape index (κ3) is 13.0. The first kappa shape index (κ1) is 42.1. The first-order chi connectivity index (χ1) is 23.0. The number of nitrogens with zero attached hydrogens (tertiary/aromatic N) is 2. The topological polar surface area (TPSA) is 172 Å². The summed E-state index contributed by atoms with van der Waals surface area (Å²) >= 11 is 0. The number of carbonyl (C=O) groups excluding carboxylic acids is 4. The molecule has 0 spiro atoms. The van der Waals surface area contributed by atoms with Gasteiger partial charge in [0.2, 0.25) is 23.6 Å². The van der Waals surface area contributed by atoms with Gasteiger partial charge in [0.15, 0.2) is 0 Å². The minimum absolute atomic E-state index is 0.00538. The summed E-state index contributed by atoms with van der Waals surface area (Å²) in [5, 5.41) is 5.28. The summed E-state index contributed by atoms with van der Waals surface area (Å²) < 4.78 is 43.1. The Hall–Kier alpha value is -3.07. The molecule has 0 saturated carbocycles. The van der Waals surface area contributed by atoms with Crippen molar-refractivity contribution < 1.29 is 41.6 Å². The maximum atomic E-state index is 13.9. The van der Waals surface area contributed by atoms with Crippen LogP contribution < -0.4 is 10.6 Å². The molecule has 0 bridgehead atoms. The Labute approximate surface area is 292 Å². The maximum Gasteiger partial charge on any atom is 0.266 e. The maximum absolute atomic E-state index is 13.9. The highest BCUT2D eigenvalue weighted by molar-refractivity contribution is 7.85. The highest BCUT2D eigenvalue weighted by Crippen LogP contribution is 2.29. The molecule has 49 heavy (non-hydrogen) atoms. The molecule has 1 saturated heterocycles. The van der Waals surface area contributed by atoms with Crippen molar-refractivity contribution in [3.8, 4) is 0 Å². The van der Waals surface area contributed by atoms with Gasteiger partial charge < -0.3 is 29.9 Å². The van der Waals surface area contributed by atoms with Gasteiger partial charge in [-0.25, -0.2) is 0 Å². The minimum Gasteiger partial charge on any atom is -0.379 e. The molecule has 2 rings (SSSR count). The number of rotatable bonds is 20. The molecule has 1 fully saturated rings. The van der Waals surface area contributed by atoms with E-state index in [-0.39, 0.29) is 49.1 Å². The van der Waals surface area contributed by atoms with E-state index in [9.17, 15) is 27.6 Å². The number of amides is 4. The normalized spacial score (nSPS) is 18.7. The molecule has 0 unspecified atom stereocenters. The second-order valence-electron chi connectivity index (χ2n) is 13.6. The van der Waals surface area contributed by atoms with Gasteiger partial charge in [-0.15, -0.1) is 0 Å². The average Bonchev–Trinajstić information content (AvgIpc) is 3.53. The molecule has 14 heteroatoms. The van der Waals surface area contributed by atoms with Crippen molar-refractivity contribution in [3.05, 3.63) is 35.9 Å². The van der Waals surface area contributed by atoms with E-state index in [2.05, 4.69) is 17.6 Å². The van der Waals surface area contributed by atoms with Crippen LogP contribution in [0.25, 0.3) is 0 Å². The van der Waals surface area contributed by atoms with Crippen molar-refractivity contribution in [2.75, 3.05) is 40.1 Å². The van der Waals surface area contributed by atoms with Crippen LogP contribution in [0.3, 0.4) is 0 Å². The van der Waals surface area contributed by atoms with Crippen molar-refractivity contribution in [2.45, 2.75) is 103 Å². The van der Waals surface area contributed by atoms with Crippen LogP contribution in [0, 0.1) is 17.8 Å². The number of hydrogen-bond acceptors (Lipinski definition) is 8. The molecule has 13 nitrogen and oxygen atoms in total. The third-order valence-corrected chi connectivity index (χ3v) is 10.2. The Balaban J connectivity index is 2.23. The predicted octanol–water partition coefficient (Wildman–Crippen LogP) is 2.68. The quantitative estimate of drug-likeness (QED) is 0.172. The predicted molar refractivity (Wildman–Crippen MR) is 187 cm³/mol. The zero-order valence-electron chi connectivity index (χ0n) is 30.4. The molecule has 1 aliphatic rings. The molecular formula is C35H58N4O9S. The molecule has 0 aromatic heterocycles. The monoisotopic (exact) mass is 710 g/mol. The SMILES string of the molecule is CC[C@H](C)[C@@H]([C@@H](CC(=O)N1CCC[C@H]1[C@H](OC)[C@@H](C)C(=O)N[C@@H](Cc1ccccc1)C(=O)NCCS(=O)(=O)O)OC)N(C)C(=O)CC(C)C. The van der Waals surface area contributed by atoms with Crippen molar-refractivity contribution >= 4 is 33.7 Å². The van der Waals surface area contributed by atoms with Crippen LogP contribution in [0.2, 0.25) is 0 Å². The van der Waals surface area contributed by atoms with E-state index in [4.69, 9.17) is 14.0 Å². The lowest BCUT2D eigenvalue weighted by molar-refractivity contribution is -0.146. The zero-order valence-corrected chi connectivity index (χ0v) is 31.2. The third-order valence-electron chi connectivity index (χ3n) is 9.46. The summed E-state index contributed by atoms with van der Waals surface area (Å²) in [4.78, 5) is 57.3. The van der Waals surface area contributed by atoms with Gasteiger partial charge in [-0.3, -0.25) is 23.7 Å². The lowest BCUT2D eigenvalue weighted by Crippen LogP contribution is -2.55. The van der Waals surface area contributed by atoms with E-state index in [0.717, 1.165) is 18.4 Å². The summed E-state index contributed by atoms with van der Waals surface area (Å²) in [5.74, 6) is -2.36. The van der Waals surface area contributed by atoms with Crippen LogP contribution in [0.4, 0.5) is 0 Å². The zero-order chi connectivity index (χ0) is 36.9. The van der Waals surface area contributed by atoms with Gasteiger partial charge in [-0.2, -0.15) is 8.42 Å². The standard InChI is InChI=1S/C35H58N4O9S/c1-9-24(4)32(38(6)30(40)20-23(2)3)29(47-7)22-31(41)39-18-13-16-28(39)33(48-8)25(5)34(42)37-27(21-26-14-11-10-12-15-26)35(43)36-17-19-49(44,45)46/h10-12,14-15,23-25,27-29,32-33H,9,13,16-22H2,1-8H3,(H,36,43)(H,37,42)(H,44,45,46)/t24-,25+,27-,28-,29+,32-,33+/m0/s1. The fourth-order valence-corrected chi connectivity index (χ4v) is 6.97. The van der Waals surface area contributed by atoms with E-state index in [1.807, 2.05) is 39.0 Å². The van der Waals surface area contributed by atoms with E-state index in [0.29, 0.717) is 19.4 Å². The summed E-state index contributed by atoms with van der Waals surface area (Å²) in [6, 6.07) is 7.31. The highest BCUT2D eigenvalue weighted by Gasteiger charge is 2.42. The van der Waals surface area contributed by atoms with Gasteiger partial charge in [0, 0.05) is 47.2 Å². The molecule has 3 N–H and O–H groups in total. The van der Waals surface area contributed by atoms with Gasteiger partial charge >= 0.3 is 0 Å². The lowest BCUT2D eigenvalue weighted by Gasteiger charge is -2.39. The van der Waals surface area contributed by atoms with Gasteiger partial charge in [-0.05, 0) is 30.2 Å². The van der Waals surface area contributed by atoms with E-state index >= 15 is 0 Å². The number of hydrogen-bond donors (Lipinski definition) is 3. The van der Waals surface area contributed by atoms with Crippen molar-refractivity contribution in [2.24, 2.45) is 17.8 Å². The van der Waals surface area contributed by atoms with Crippen molar-refractivity contribution in [3.63, 3.8) is 0 Å². The Morgan fingerprint density at radius 2 is 1.67 bits per heavy atom. The number of nitrogens with one attached hydrogen (secondary N) is 2. The fraction of sp³-hybridized carbons (Fsp3) is 0.714. The van der Waals surface area contributed by atoms with E-state index in [1.165, 1.54) is 7.11 Å². The number of methoxy groups -OCH3 is 2. The number of carbonyl (C=O) groups is 4. The fourth-order valence-electron chi connectivity index (χ4n) is 6.61. The second kappa shape index (κ2) is 19.9. The molecule has 1 aliphatic heterocycles. The van der Waals surface area contributed by atoms with Gasteiger partial charge in [0.25, 0.3) is 10.1 Å². The first-order valence-electron chi connectivity index (χ1n) is 17.2. The molecule has 0 radical (unpaired) electrons. The van der Waals surface area contributed by atoms with E-state index in [1.54, 1.807) is 43.0 Å². The lowest BCUT2D eigenvalue weighted by atomic mass is 9.90. The highest BCUT2D eigenvalue weighted by atomic mass is 32.2. The molecular weight excluding hydrogens is 652 g/mol. The van der Waals surface area contributed by atoms with Gasteiger partial charge in [0.1, 0.15) is 6.04 Å². The largest absolute Gasteiger partial charge is 0.379 e. The number of ether oxygens (including phenoxy) is 2. The van der Waals surface area contributed by atoms with Crippen molar-refractivity contribution in [1.82, 2.24) is 20.4 Å². The number of likely N-dealkylation sites (tertiary alicyclic amines) is 1. The number of likely N-dealkylation sites (N-methyl/N-ethyl adjacent to an activating group) is 1. The molecule has 0 aliphatic carbocycles. The molecule has 278 valence electrons. The molecule has 4 amide bonds. The molecule has 1 heterocycles. The minimum atomic E-state index is -4.29. The average molecular weight is 711 g/mol. The van der Waals surface area contributed by atoms with Gasteiger partial charge in [0.05, 0.1) is 42.4 Å². The van der Waals surface area contributed by atoms with Crippen molar-refractivity contribution in [1.29, 1.82) is 0 Å². The van der Waals surface area contributed by atoms with Crippen LogP contribution in [0.15, 0.2) is 30.3 Å². The Kier molecular flexibility index (Phi) is 17.1. The van der Waals surface area contributed by atoms with Gasteiger partial charge in [-0.1, -0.05) is 71.4 Å². The Morgan fingerprint density at radius 1 is 1.02 bits per heavy atom. The summed E-state index contributed by atoms with van der Waals surface area (Å²) in [5.41, 5.74) is 0.779. The van der Waals surface area contributed by atoms with Crippen LogP contribution >= 0.6 is 0 Å². The molecule has 1 aromatic rings.